The van der Waals surface area contributed by atoms with Gasteiger partial charge in [-0.25, -0.2) is 0 Å². The Bertz CT molecular complexity index is 204. The highest BCUT2D eigenvalue weighted by molar-refractivity contribution is 8.00. The Hall–Kier alpha value is 0.310. The quantitative estimate of drug-likeness (QED) is 0.586. The Kier molecular flexibility index (Phi) is 2.09. The van der Waals surface area contributed by atoms with Crippen LogP contribution in [-0.2, 0) is 0 Å². The molecule has 4 unspecified atom stereocenters. The molecular formula is C11H19NS. The van der Waals surface area contributed by atoms with Crippen LogP contribution in [0.3, 0.4) is 0 Å². The number of likely N-dealkylation sites (tertiary alicyclic amines) is 1. The minimum absolute atomic E-state index is 0.943. The third-order valence-electron chi connectivity index (χ3n) is 4.35. The van der Waals surface area contributed by atoms with Gasteiger partial charge in [0.25, 0.3) is 0 Å². The number of thioether (sulfide) groups is 1. The topological polar surface area (TPSA) is 3.24 Å². The van der Waals surface area contributed by atoms with Crippen molar-refractivity contribution in [1.82, 2.24) is 4.90 Å². The van der Waals surface area contributed by atoms with Crippen LogP contribution >= 0.6 is 11.8 Å². The summed E-state index contributed by atoms with van der Waals surface area (Å²) in [6.45, 7) is 0. The van der Waals surface area contributed by atoms with E-state index in [2.05, 4.69) is 23.7 Å². The van der Waals surface area contributed by atoms with Gasteiger partial charge in [-0.3, -0.25) is 4.90 Å². The highest BCUT2D eigenvalue weighted by atomic mass is 32.2. The molecule has 1 aliphatic carbocycles. The van der Waals surface area contributed by atoms with Gasteiger partial charge >= 0.3 is 0 Å². The van der Waals surface area contributed by atoms with Gasteiger partial charge in [-0.1, -0.05) is 12.8 Å². The van der Waals surface area contributed by atoms with Gasteiger partial charge in [-0.15, -0.1) is 0 Å². The van der Waals surface area contributed by atoms with Crippen LogP contribution in [0.4, 0.5) is 0 Å². The lowest BCUT2D eigenvalue weighted by molar-refractivity contribution is 0.185. The second-order valence-corrected chi connectivity index (χ2v) is 6.16. The molecule has 0 aromatic rings. The molecule has 2 heteroatoms. The van der Waals surface area contributed by atoms with Gasteiger partial charge < -0.3 is 0 Å². The first-order valence-electron chi connectivity index (χ1n) is 5.71. The summed E-state index contributed by atoms with van der Waals surface area (Å²) in [6, 6.07) is 1.90. The van der Waals surface area contributed by atoms with Crippen molar-refractivity contribution in [1.29, 1.82) is 0 Å². The maximum atomic E-state index is 2.72. The molecule has 0 aromatic carbocycles. The molecule has 3 rings (SSSR count). The molecule has 2 saturated heterocycles. The molecule has 13 heavy (non-hydrogen) atoms. The highest BCUT2D eigenvalue weighted by Gasteiger charge is 2.49. The number of fused-ring (bicyclic) bond motifs is 3. The fraction of sp³-hybridized carbons (Fsp3) is 1.00. The van der Waals surface area contributed by atoms with E-state index in [4.69, 9.17) is 0 Å². The smallest absolute Gasteiger partial charge is 0.0246 e. The molecule has 74 valence electrons. The average molecular weight is 197 g/mol. The van der Waals surface area contributed by atoms with Gasteiger partial charge in [0.2, 0.25) is 0 Å². The van der Waals surface area contributed by atoms with Crippen LogP contribution in [0.2, 0.25) is 0 Å². The monoisotopic (exact) mass is 197 g/mol. The largest absolute Gasteiger partial charge is 0.299 e. The Labute approximate surface area is 85.3 Å². The summed E-state index contributed by atoms with van der Waals surface area (Å²) in [5.74, 6) is 2.47. The van der Waals surface area contributed by atoms with Crippen molar-refractivity contribution in [3.05, 3.63) is 0 Å². The van der Waals surface area contributed by atoms with Crippen LogP contribution < -0.4 is 0 Å². The van der Waals surface area contributed by atoms with Crippen molar-refractivity contribution in [2.75, 3.05) is 12.8 Å². The van der Waals surface area contributed by atoms with Crippen molar-refractivity contribution in [3.8, 4) is 0 Å². The minimum Gasteiger partial charge on any atom is -0.299 e. The van der Waals surface area contributed by atoms with Crippen molar-refractivity contribution in [3.63, 3.8) is 0 Å². The molecule has 1 nitrogen and oxygen atoms in total. The maximum absolute atomic E-state index is 2.72. The van der Waals surface area contributed by atoms with E-state index in [0.29, 0.717) is 0 Å². The summed E-state index contributed by atoms with van der Waals surface area (Å²) in [5, 5.41) is 1.01. The van der Waals surface area contributed by atoms with E-state index in [1.165, 1.54) is 37.9 Å². The molecule has 0 N–H and O–H groups in total. The molecule has 0 radical (unpaired) electrons. The zero-order valence-electron chi connectivity index (χ0n) is 8.41. The van der Waals surface area contributed by atoms with Crippen LogP contribution in [-0.4, -0.2) is 35.0 Å². The second-order valence-electron chi connectivity index (χ2n) is 4.87. The van der Waals surface area contributed by atoms with Gasteiger partial charge in [0, 0.05) is 17.3 Å². The summed E-state index contributed by atoms with van der Waals surface area (Å²) < 4.78 is 0. The summed E-state index contributed by atoms with van der Waals surface area (Å²) >= 11 is 2.26. The first-order chi connectivity index (χ1) is 6.38. The van der Waals surface area contributed by atoms with Gasteiger partial charge in [0.1, 0.15) is 0 Å². The summed E-state index contributed by atoms with van der Waals surface area (Å²) in [5.41, 5.74) is 0. The van der Waals surface area contributed by atoms with E-state index >= 15 is 0 Å². The standard InChI is InChI=1S/C11H19NS/c1-12-9-5-3-2-4-8(9)11-10(12)6-7-13-11/h8-11H,2-7H2,1H3. The lowest BCUT2D eigenvalue weighted by atomic mass is 9.84. The fourth-order valence-corrected chi connectivity index (χ4v) is 5.48. The first-order valence-corrected chi connectivity index (χ1v) is 6.76. The van der Waals surface area contributed by atoms with Gasteiger partial charge in [0.15, 0.2) is 0 Å². The van der Waals surface area contributed by atoms with Crippen molar-refractivity contribution < 1.29 is 0 Å². The Morgan fingerprint density at radius 2 is 1.92 bits per heavy atom. The maximum Gasteiger partial charge on any atom is 0.0246 e. The van der Waals surface area contributed by atoms with E-state index in [9.17, 15) is 0 Å². The first kappa shape index (κ1) is 8.60. The Morgan fingerprint density at radius 1 is 1.08 bits per heavy atom. The van der Waals surface area contributed by atoms with Crippen molar-refractivity contribution in [2.24, 2.45) is 5.92 Å². The van der Waals surface area contributed by atoms with E-state index < -0.39 is 0 Å². The zero-order chi connectivity index (χ0) is 8.84. The third-order valence-corrected chi connectivity index (χ3v) is 5.87. The number of hydrogen-bond donors (Lipinski definition) is 0. The van der Waals surface area contributed by atoms with Gasteiger partial charge in [-0.2, -0.15) is 11.8 Å². The van der Waals surface area contributed by atoms with Crippen LogP contribution in [0, 0.1) is 5.92 Å². The molecule has 0 aromatic heterocycles. The summed E-state index contributed by atoms with van der Waals surface area (Å²) in [6.07, 6.45) is 7.44. The molecule has 3 fully saturated rings. The third kappa shape index (κ3) is 1.18. The lowest BCUT2D eigenvalue weighted by Crippen LogP contribution is -2.35. The number of nitrogens with zero attached hydrogens (tertiary/aromatic N) is 1. The van der Waals surface area contributed by atoms with E-state index in [-0.39, 0.29) is 0 Å². The van der Waals surface area contributed by atoms with Crippen molar-refractivity contribution in [2.45, 2.75) is 49.4 Å². The lowest BCUT2D eigenvalue weighted by Gasteiger charge is -2.31. The Balaban J connectivity index is 1.85. The number of rotatable bonds is 0. The van der Waals surface area contributed by atoms with E-state index in [0.717, 1.165) is 23.3 Å². The average Bonchev–Trinajstić information content (AvgIpc) is 2.72. The molecular weight excluding hydrogens is 178 g/mol. The van der Waals surface area contributed by atoms with Crippen LogP contribution in [0.25, 0.3) is 0 Å². The molecule has 2 aliphatic heterocycles. The molecule has 0 bridgehead atoms. The van der Waals surface area contributed by atoms with Crippen molar-refractivity contribution >= 4 is 11.8 Å². The zero-order valence-corrected chi connectivity index (χ0v) is 9.22. The molecule has 0 spiro atoms. The normalized spacial score (nSPS) is 50.5. The molecule has 4 atom stereocenters. The Morgan fingerprint density at radius 3 is 2.85 bits per heavy atom. The summed E-state index contributed by atoms with van der Waals surface area (Å²) in [7, 11) is 2.37. The van der Waals surface area contributed by atoms with Gasteiger partial charge in [-0.05, 0) is 38.0 Å². The summed E-state index contributed by atoms with van der Waals surface area (Å²) in [4.78, 5) is 2.72. The van der Waals surface area contributed by atoms with Gasteiger partial charge in [0.05, 0.1) is 0 Å². The molecule has 0 amide bonds. The van der Waals surface area contributed by atoms with E-state index in [1.807, 2.05) is 0 Å². The molecule has 3 aliphatic rings. The predicted molar refractivity (Wildman–Crippen MR) is 58.2 cm³/mol. The fourth-order valence-electron chi connectivity index (χ4n) is 3.72. The molecule has 1 saturated carbocycles. The van der Waals surface area contributed by atoms with Crippen LogP contribution in [0.15, 0.2) is 0 Å². The highest BCUT2D eigenvalue weighted by Crippen LogP contribution is 2.48. The number of hydrogen-bond acceptors (Lipinski definition) is 2. The SMILES string of the molecule is CN1C2CCCCC2C2SCCC21. The minimum atomic E-state index is 0.943. The predicted octanol–water partition coefficient (Wildman–Crippen LogP) is 2.36. The van der Waals surface area contributed by atoms with E-state index in [1.54, 1.807) is 0 Å². The molecule has 2 heterocycles. The van der Waals surface area contributed by atoms with Crippen LogP contribution in [0.5, 0.6) is 0 Å². The van der Waals surface area contributed by atoms with Crippen LogP contribution in [0.1, 0.15) is 32.1 Å². The second kappa shape index (κ2) is 3.16.